The van der Waals surface area contributed by atoms with Gasteiger partial charge in [0.05, 0.1) is 6.54 Å². The van der Waals surface area contributed by atoms with Crippen molar-refractivity contribution in [3.8, 4) is 0 Å². The van der Waals surface area contributed by atoms with Crippen molar-refractivity contribution in [2.24, 2.45) is 5.92 Å². The number of aryl methyl sites for hydroxylation is 1. The average Bonchev–Trinajstić information content (AvgIpc) is 2.47. The zero-order valence-corrected chi connectivity index (χ0v) is 14.6. The highest BCUT2D eigenvalue weighted by Crippen LogP contribution is 2.19. The molecule has 1 saturated heterocycles. The molecule has 0 radical (unpaired) electrons. The Morgan fingerprint density at radius 2 is 2.22 bits per heavy atom. The second kappa shape index (κ2) is 7.37. The van der Waals surface area contributed by atoms with Crippen molar-refractivity contribution in [2.75, 3.05) is 32.0 Å². The normalized spacial score (nSPS) is 19.7. The SMILES string of the molecule is Cc1cccc(NC(=O)CN(C)S(=O)(=O)N2CCCC(C)C2)n1. The number of likely N-dealkylation sites (N-methyl/N-ethyl adjacent to an activating group) is 1. The molecule has 1 amide bonds. The number of aromatic nitrogens is 1. The maximum Gasteiger partial charge on any atom is 0.282 e. The molecule has 128 valence electrons. The first-order chi connectivity index (χ1) is 10.8. The van der Waals surface area contributed by atoms with Crippen LogP contribution in [-0.4, -0.2) is 54.6 Å². The molecule has 1 unspecified atom stereocenters. The number of nitrogens with zero attached hydrogens (tertiary/aromatic N) is 3. The van der Waals surface area contributed by atoms with Crippen LogP contribution in [0, 0.1) is 12.8 Å². The Balaban J connectivity index is 1.97. The van der Waals surface area contributed by atoms with Crippen molar-refractivity contribution >= 4 is 21.9 Å². The van der Waals surface area contributed by atoms with Gasteiger partial charge >= 0.3 is 0 Å². The van der Waals surface area contributed by atoms with Gasteiger partial charge in [-0.2, -0.15) is 17.0 Å². The van der Waals surface area contributed by atoms with Crippen molar-refractivity contribution in [2.45, 2.75) is 26.7 Å². The number of nitrogens with one attached hydrogen (secondary N) is 1. The molecule has 0 aromatic carbocycles. The first kappa shape index (κ1) is 17.8. The molecule has 1 aliphatic rings. The third kappa shape index (κ3) is 4.73. The number of hydrogen-bond acceptors (Lipinski definition) is 4. The lowest BCUT2D eigenvalue weighted by Crippen LogP contribution is -2.48. The second-order valence-electron chi connectivity index (χ2n) is 6.08. The van der Waals surface area contributed by atoms with Crippen LogP contribution >= 0.6 is 0 Å². The molecular weight excluding hydrogens is 316 g/mol. The third-order valence-electron chi connectivity index (χ3n) is 3.86. The summed E-state index contributed by atoms with van der Waals surface area (Å²) in [6.07, 6.45) is 1.89. The first-order valence-electron chi connectivity index (χ1n) is 7.74. The van der Waals surface area contributed by atoms with Crippen LogP contribution in [0.25, 0.3) is 0 Å². The van der Waals surface area contributed by atoms with Gasteiger partial charge in [-0.15, -0.1) is 0 Å². The van der Waals surface area contributed by atoms with E-state index in [-0.39, 0.29) is 6.54 Å². The van der Waals surface area contributed by atoms with Crippen LogP contribution in [0.2, 0.25) is 0 Å². The average molecular weight is 340 g/mol. The maximum absolute atomic E-state index is 12.5. The Kier molecular flexibility index (Phi) is 5.72. The summed E-state index contributed by atoms with van der Waals surface area (Å²) in [4.78, 5) is 16.2. The van der Waals surface area contributed by atoms with Gasteiger partial charge in [0.1, 0.15) is 5.82 Å². The number of rotatable bonds is 5. The summed E-state index contributed by atoms with van der Waals surface area (Å²) in [6.45, 7) is 4.65. The molecule has 23 heavy (non-hydrogen) atoms. The van der Waals surface area contributed by atoms with Crippen LogP contribution < -0.4 is 5.32 Å². The molecule has 1 N–H and O–H groups in total. The number of pyridine rings is 1. The van der Waals surface area contributed by atoms with Crippen LogP contribution in [0.4, 0.5) is 5.82 Å². The van der Waals surface area contributed by atoms with E-state index in [1.165, 1.54) is 11.4 Å². The molecule has 7 nitrogen and oxygen atoms in total. The molecule has 2 heterocycles. The number of carbonyl (C=O) groups is 1. The van der Waals surface area contributed by atoms with E-state index in [0.29, 0.717) is 24.8 Å². The maximum atomic E-state index is 12.5. The molecule has 0 bridgehead atoms. The van der Waals surface area contributed by atoms with E-state index < -0.39 is 16.1 Å². The Morgan fingerprint density at radius 1 is 1.48 bits per heavy atom. The van der Waals surface area contributed by atoms with Crippen molar-refractivity contribution in [3.05, 3.63) is 23.9 Å². The minimum Gasteiger partial charge on any atom is -0.310 e. The van der Waals surface area contributed by atoms with Gasteiger partial charge in [0.15, 0.2) is 0 Å². The predicted molar refractivity (Wildman–Crippen MR) is 89.1 cm³/mol. The predicted octanol–water partition coefficient (Wildman–Crippen LogP) is 1.24. The lowest BCUT2D eigenvalue weighted by molar-refractivity contribution is -0.116. The van der Waals surface area contributed by atoms with E-state index in [0.717, 1.165) is 22.8 Å². The van der Waals surface area contributed by atoms with Crippen molar-refractivity contribution < 1.29 is 13.2 Å². The lowest BCUT2D eigenvalue weighted by Gasteiger charge is -2.32. The largest absolute Gasteiger partial charge is 0.310 e. The van der Waals surface area contributed by atoms with Crippen LogP contribution in [0.1, 0.15) is 25.5 Å². The fourth-order valence-corrected chi connectivity index (χ4v) is 4.11. The summed E-state index contributed by atoms with van der Waals surface area (Å²) in [6, 6.07) is 5.28. The minimum atomic E-state index is -3.61. The number of hydrogen-bond donors (Lipinski definition) is 1. The smallest absolute Gasteiger partial charge is 0.282 e. The van der Waals surface area contributed by atoms with Crippen molar-refractivity contribution in [3.63, 3.8) is 0 Å². The molecule has 1 atom stereocenters. The van der Waals surface area contributed by atoms with Gasteiger partial charge in [-0.3, -0.25) is 4.79 Å². The Hall–Kier alpha value is -1.51. The molecule has 1 aromatic heterocycles. The Morgan fingerprint density at radius 3 is 2.87 bits per heavy atom. The van der Waals surface area contributed by atoms with Gasteiger partial charge in [-0.25, -0.2) is 4.98 Å². The summed E-state index contributed by atoms with van der Waals surface area (Å²) in [5.74, 6) is 0.365. The topological polar surface area (TPSA) is 82.6 Å². The summed E-state index contributed by atoms with van der Waals surface area (Å²) >= 11 is 0. The van der Waals surface area contributed by atoms with Crippen molar-refractivity contribution in [1.82, 2.24) is 13.6 Å². The summed E-state index contributed by atoms with van der Waals surface area (Å²) in [5, 5.41) is 2.62. The molecule has 0 spiro atoms. The first-order valence-corrected chi connectivity index (χ1v) is 9.13. The lowest BCUT2D eigenvalue weighted by atomic mass is 10.0. The zero-order valence-electron chi connectivity index (χ0n) is 13.8. The summed E-state index contributed by atoms with van der Waals surface area (Å²) in [7, 11) is -2.18. The summed E-state index contributed by atoms with van der Waals surface area (Å²) in [5.41, 5.74) is 0.783. The highest BCUT2D eigenvalue weighted by Gasteiger charge is 2.31. The molecule has 1 aromatic rings. The summed E-state index contributed by atoms with van der Waals surface area (Å²) < 4.78 is 27.6. The molecular formula is C15H24N4O3S. The monoisotopic (exact) mass is 340 g/mol. The minimum absolute atomic E-state index is 0.233. The van der Waals surface area contributed by atoms with Crippen LogP contribution in [0.5, 0.6) is 0 Å². The second-order valence-corrected chi connectivity index (χ2v) is 8.12. The van der Waals surface area contributed by atoms with E-state index in [2.05, 4.69) is 10.3 Å². The van der Waals surface area contributed by atoms with E-state index >= 15 is 0 Å². The van der Waals surface area contributed by atoms with Gasteiger partial charge in [0.25, 0.3) is 10.2 Å². The highest BCUT2D eigenvalue weighted by atomic mass is 32.2. The molecule has 2 rings (SSSR count). The molecule has 1 aliphatic heterocycles. The molecule has 1 fully saturated rings. The van der Waals surface area contributed by atoms with Crippen molar-refractivity contribution in [1.29, 1.82) is 0 Å². The molecule has 0 aliphatic carbocycles. The Labute approximate surface area is 137 Å². The van der Waals surface area contributed by atoms with E-state index in [9.17, 15) is 13.2 Å². The van der Waals surface area contributed by atoms with E-state index in [4.69, 9.17) is 0 Å². The molecule has 0 saturated carbocycles. The number of carbonyl (C=O) groups excluding carboxylic acids is 1. The van der Waals surface area contributed by atoms with E-state index in [1.54, 1.807) is 12.1 Å². The van der Waals surface area contributed by atoms with E-state index in [1.807, 2.05) is 19.9 Å². The van der Waals surface area contributed by atoms with Gasteiger partial charge in [-0.1, -0.05) is 13.0 Å². The quantitative estimate of drug-likeness (QED) is 0.874. The zero-order chi connectivity index (χ0) is 17.0. The Bertz CT molecular complexity index is 662. The van der Waals surface area contributed by atoms with Gasteiger partial charge in [0.2, 0.25) is 5.91 Å². The standard InChI is InChI=1S/C15H24N4O3S/c1-12-6-5-9-19(10-12)23(21,22)18(3)11-15(20)17-14-8-4-7-13(2)16-14/h4,7-8,12H,5-6,9-11H2,1-3H3,(H,16,17,20). The van der Waals surface area contributed by atoms with Gasteiger partial charge in [0, 0.05) is 25.8 Å². The van der Waals surface area contributed by atoms with Gasteiger partial charge < -0.3 is 5.32 Å². The van der Waals surface area contributed by atoms with Gasteiger partial charge in [-0.05, 0) is 37.8 Å². The third-order valence-corrected chi connectivity index (χ3v) is 5.76. The fraction of sp³-hybridized carbons (Fsp3) is 0.600. The number of piperidine rings is 1. The fourth-order valence-electron chi connectivity index (χ4n) is 2.63. The van der Waals surface area contributed by atoms with Crippen LogP contribution in [-0.2, 0) is 15.0 Å². The number of amides is 1. The highest BCUT2D eigenvalue weighted by molar-refractivity contribution is 7.86. The molecule has 8 heteroatoms. The van der Waals surface area contributed by atoms with Crippen LogP contribution in [0.3, 0.4) is 0 Å². The van der Waals surface area contributed by atoms with Crippen LogP contribution in [0.15, 0.2) is 18.2 Å². The number of anilines is 1.